The molecule has 1 atom stereocenters. The van der Waals surface area contributed by atoms with Gasteiger partial charge in [0.25, 0.3) is 5.91 Å². The number of nitrogens with zero attached hydrogens (tertiary/aromatic N) is 2. The van der Waals surface area contributed by atoms with E-state index in [1.807, 2.05) is 13.0 Å². The number of likely N-dealkylation sites (N-methyl/N-ethyl adjacent to an activating group) is 1. The molecule has 0 aliphatic carbocycles. The molecule has 3 heterocycles. The van der Waals surface area contributed by atoms with Crippen molar-refractivity contribution in [3.8, 4) is 0 Å². The normalized spacial score (nSPS) is 24.8. The summed E-state index contributed by atoms with van der Waals surface area (Å²) in [4.78, 5) is 16.1. The number of hydrogen-bond acceptors (Lipinski definition) is 4. The van der Waals surface area contributed by atoms with Crippen molar-refractivity contribution in [3.63, 3.8) is 0 Å². The highest BCUT2D eigenvalue weighted by atomic mass is 16.5. The summed E-state index contributed by atoms with van der Waals surface area (Å²) in [6.45, 7) is 4.85. The average molecular weight is 306 g/mol. The predicted molar refractivity (Wildman–Crippen MR) is 83.5 cm³/mol. The van der Waals surface area contributed by atoms with Gasteiger partial charge in [0.05, 0.1) is 12.1 Å². The second kappa shape index (κ2) is 6.05. The summed E-state index contributed by atoms with van der Waals surface area (Å²) in [5, 5.41) is 0. The lowest BCUT2D eigenvalue weighted by Gasteiger charge is -2.38. The average Bonchev–Trinajstić information content (AvgIpc) is 3.08. The van der Waals surface area contributed by atoms with Crippen LogP contribution in [-0.2, 0) is 16.1 Å². The molecule has 22 heavy (non-hydrogen) atoms. The Bertz CT molecular complexity index is 530. The van der Waals surface area contributed by atoms with Crippen molar-refractivity contribution >= 4 is 5.91 Å². The molecule has 2 fully saturated rings. The van der Waals surface area contributed by atoms with Crippen LogP contribution in [0.5, 0.6) is 0 Å². The SMILES string of the molecule is Cc1ccc(CN2CCC3(CCC(C(=O)N(C)C)O3)CC2)o1. The van der Waals surface area contributed by atoms with Crippen LogP contribution >= 0.6 is 0 Å². The number of rotatable bonds is 3. The van der Waals surface area contributed by atoms with E-state index < -0.39 is 0 Å². The van der Waals surface area contributed by atoms with Crippen LogP contribution in [0, 0.1) is 6.92 Å². The van der Waals surface area contributed by atoms with Gasteiger partial charge >= 0.3 is 0 Å². The molecular weight excluding hydrogens is 280 g/mol. The van der Waals surface area contributed by atoms with Gasteiger partial charge < -0.3 is 14.1 Å². The molecule has 1 aromatic heterocycles. The first kappa shape index (κ1) is 15.6. The molecular formula is C17H26N2O3. The summed E-state index contributed by atoms with van der Waals surface area (Å²) in [6, 6.07) is 4.07. The summed E-state index contributed by atoms with van der Waals surface area (Å²) in [5.41, 5.74) is -0.0775. The van der Waals surface area contributed by atoms with Crippen LogP contribution < -0.4 is 0 Å². The van der Waals surface area contributed by atoms with Crippen molar-refractivity contribution < 1.29 is 13.9 Å². The van der Waals surface area contributed by atoms with Crippen LogP contribution in [0.3, 0.4) is 0 Å². The zero-order valence-corrected chi connectivity index (χ0v) is 13.8. The van der Waals surface area contributed by atoms with Gasteiger partial charge in [0.2, 0.25) is 0 Å². The first-order valence-corrected chi connectivity index (χ1v) is 8.14. The van der Waals surface area contributed by atoms with E-state index in [-0.39, 0.29) is 17.6 Å². The maximum atomic E-state index is 12.1. The molecule has 5 nitrogen and oxygen atoms in total. The molecule has 0 aromatic carbocycles. The molecule has 2 aliphatic heterocycles. The summed E-state index contributed by atoms with van der Waals surface area (Å²) < 4.78 is 11.8. The van der Waals surface area contributed by atoms with Gasteiger partial charge in [0, 0.05) is 27.2 Å². The Labute approximate surface area is 132 Å². The Morgan fingerprint density at radius 1 is 1.32 bits per heavy atom. The van der Waals surface area contributed by atoms with Gasteiger partial charge in [0.15, 0.2) is 0 Å². The minimum atomic E-state index is -0.241. The third kappa shape index (κ3) is 3.20. The topological polar surface area (TPSA) is 45.9 Å². The zero-order valence-electron chi connectivity index (χ0n) is 13.8. The number of amides is 1. The van der Waals surface area contributed by atoms with Gasteiger partial charge in [-0.05, 0) is 44.7 Å². The van der Waals surface area contributed by atoms with Gasteiger partial charge in [0.1, 0.15) is 17.6 Å². The van der Waals surface area contributed by atoms with E-state index in [2.05, 4.69) is 11.0 Å². The van der Waals surface area contributed by atoms with E-state index in [4.69, 9.17) is 9.15 Å². The molecule has 2 aliphatic rings. The third-order valence-corrected chi connectivity index (χ3v) is 4.91. The lowest BCUT2D eigenvalue weighted by molar-refractivity contribution is -0.148. The fourth-order valence-electron chi connectivity index (χ4n) is 3.55. The van der Waals surface area contributed by atoms with Crippen LogP contribution in [-0.4, -0.2) is 54.6 Å². The number of carbonyl (C=O) groups is 1. The zero-order chi connectivity index (χ0) is 15.7. The second-order valence-electron chi connectivity index (χ2n) is 6.85. The fourth-order valence-corrected chi connectivity index (χ4v) is 3.55. The van der Waals surface area contributed by atoms with Gasteiger partial charge in [-0.15, -0.1) is 0 Å². The van der Waals surface area contributed by atoms with Crippen LogP contribution in [0.4, 0.5) is 0 Å². The van der Waals surface area contributed by atoms with Crippen LogP contribution in [0.15, 0.2) is 16.5 Å². The molecule has 122 valence electrons. The smallest absolute Gasteiger partial charge is 0.251 e. The number of aryl methyl sites for hydroxylation is 1. The Kier molecular flexibility index (Phi) is 4.28. The summed E-state index contributed by atoms with van der Waals surface area (Å²) in [7, 11) is 3.59. The highest BCUT2D eigenvalue weighted by molar-refractivity contribution is 5.80. The lowest BCUT2D eigenvalue weighted by atomic mass is 9.88. The molecule has 3 rings (SSSR count). The van der Waals surface area contributed by atoms with Crippen molar-refractivity contribution in [2.45, 2.75) is 50.9 Å². The Hall–Kier alpha value is -1.33. The number of carbonyl (C=O) groups excluding carboxylic acids is 1. The second-order valence-corrected chi connectivity index (χ2v) is 6.85. The number of ether oxygens (including phenoxy) is 1. The largest absolute Gasteiger partial charge is 0.465 e. The minimum Gasteiger partial charge on any atom is -0.465 e. The monoisotopic (exact) mass is 306 g/mol. The summed E-state index contributed by atoms with van der Waals surface area (Å²) >= 11 is 0. The highest BCUT2D eigenvalue weighted by Crippen LogP contribution is 2.39. The fraction of sp³-hybridized carbons (Fsp3) is 0.706. The molecule has 2 saturated heterocycles. The first-order chi connectivity index (χ1) is 10.5. The number of hydrogen-bond donors (Lipinski definition) is 0. The van der Waals surface area contributed by atoms with Crippen molar-refractivity contribution in [3.05, 3.63) is 23.7 Å². The third-order valence-electron chi connectivity index (χ3n) is 4.91. The molecule has 0 radical (unpaired) electrons. The molecule has 0 saturated carbocycles. The number of furan rings is 1. The van der Waals surface area contributed by atoms with Crippen LogP contribution in [0.25, 0.3) is 0 Å². The standard InChI is InChI=1S/C17H26N2O3/c1-13-4-5-14(21-13)12-19-10-8-17(9-11-19)7-6-15(22-17)16(20)18(2)3/h4-5,15H,6-12H2,1-3H3. The molecule has 1 unspecified atom stereocenters. The van der Waals surface area contributed by atoms with Crippen molar-refractivity contribution in [2.75, 3.05) is 27.2 Å². The molecule has 1 spiro atoms. The first-order valence-electron chi connectivity index (χ1n) is 8.14. The van der Waals surface area contributed by atoms with Crippen molar-refractivity contribution in [2.24, 2.45) is 0 Å². The molecule has 0 N–H and O–H groups in total. The van der Waals surface area contributed by atoms with Gasteiger partial charge in [-0.3, -0.25) is 9.69 Å². The molecule has 1 aromatic rings. The number of likely N-dealkylation sites (tertiary alicyclic amines) is 1. The Morgan fingerprint density at radius 2 is 2.05 bits per heavy atom. The Morgan fingerprint density at radius 3 is 2.64 bits per heavy atom. The van der Waals surface area contributed by atoms with Crippen molar-refractivity contribution in [1.29, 1.82) is 0 Å². The molecule has 1 amide bonds. The maximum Gasteiger partial charge on any atom is 0.251 e. The van der Waals surface area contributed by atoms with E-state index in [1.165, 1.54) is 0 Å². The van der Waals surface area contributed by atoms with E-state index >= 15 is 0 Å². The minimum absolute atomic E-state index is 0.0775. The van der Waals surface area contributed by atoms with E-state index in [0.717, 1.165) is 56.8 Å². The van der Waals surface area contributed by atoms with Crippen LogP contribution in [0.1, 0.15) is 37.2 Å². The number of piperidine rings is 1. The van der Waals surface area contributed by atoms with E-state index in [9.17, 15) is 4.79 Å². The Balaban J connectivity index is 1.52. The quantitative estimate of drug-likeness (QED) is 0.859. The summed E-state index contributed by atoms with van der Waals surface area (Å²) in [5.74, 6) is 2.10. The maximum absolute atomic E-state index is 12.1. The van der Waals surface area contributed by atoms with Crippen molar-refractivity contribution in [1.82, 2.24) is 9.80 Å². The molecule has 5 heteroatoms. The predicted octanol–water partition coefficient (Wildman–Crippen LogP) is 2.19. The highest BCUT2D eigenvalue weighted by Gasteiger charge is 2.45. The lowest BCUT2D eigenvalue weighted by Crippen LogP contribution is -2.45. The molecule has 0 bridgehead atoms. The van der Waals surface area contributed by atoms with Gasteiger partial charge in [-0.2, -0.15) is 0 Å². The van der Waals surface area contributed by atoms with Crippen LogP contribution in [0.2, 0.25) is 0 Å². The van der Waals surface area contributed by atoms with E-state index in [0.29, 0.717) is 0 Å². The van der Waals surface area contributed by atoms with E-state index in [1.54, 1.807) is 19.0 Å². The summed E-state index contributed by atoms with van der Waals surface area (Å²) in [6.07, 6.45) is 3.63. The van der Waals surface area contributed by atoms with Gasteiger partial charge in [-0.25, -0.2) is 0 Å². The van der Waals surface area contributed by atoms with Gasteiger partial charge in [-0.1, -0.05) is 0 Å².